The summed E-state index contributed by atoms with van der Waals surface area (Å²) in [5.41, 5.74) is 3.19. The van der Waals surface area contributed by atoms with E-state index in [4.69, 9.17) is 0 Å². The van der Waals surface area contributed by atoms with E-state index >= 15 is 0 Å². The van der Waals surface area contributed by atoms with Gasteiger partial charge in [-0.3, -0.25) is 4.79 Å². The van der Waals surface area contributed by atoms with E-state index in [-0.39, 0.29) is 5.91 Å². The Balaban J connectivity index is 2.02. The van der Waals surface area contributed by atoms with Gasteiger partial charge in [0.15, 0.2) is 5.13 Å². The molecule has 1 amide bonds. The normalized spacial score (nSPS) is 10.4. The molecule has 4 nitrogen and oxygen atoms in total. The maximum Gasteiger partial charge on any atom is 0.227 e. The van der Waals surface area contributed by atoms with Crippen LogP contribution in [-0.4, -0.2) is 24.5 Å². The van der Waals surface area contributed by atoms with Crippen LogP contribution in [0.1, 0.15) is 12.0 Å². The second-order valence-electron chi connectivity index (χ2n) is 4.31. The number of carbonyl (C=O) groups excluding carboxylic acids is 1. The first-order valence-corrected chi connectivity index (χ1v) is 7.04. The van der Waals surface area contributed by atoms with E-state index in [0.717, 1.165) is 11.3 Å². The average Bonchev–Trinajstić information content (AvgIpc) is 2.85. The lowest BCUT2D eigenvalue weighted by molar-refractivity contribution is -0.116. The minimum atomic E-state index is -0.0147. The summed E-state index contributed by atoms with van der Waals surface area (Å²) in [6.45, 7) is 2.72. The second-order valence-corrected chi connectivity index (χ2v) is 5.16. The van der Waals surface area contributed by atoms with Gasteiger partial charge in [-0.1, -0.05) is 29.8 Å². The van der Waals surface area contributed by atoms with Crippen molar-refractivity contribution < 1.29 is 4.79 Å². The monoisotopic (exact) mass is 275 g/mol. The molecule has 2 N–H and O–H groups in total. The number of hydrogen-bond donors (Lipinski definition) is 2. The van der Waals surface area contributed by atoms with Gasteiger partial charge >= 0.3 is 0 Å². The van der Waals surface area contributed by atoms with Crippen molar-refractivity contribution in [1.82, 2.24) is 10.3 Å². The van der Waals surface area contributed by atoms with Crippen molar-refractivity contribution in [3.63, 3.8) is 0 Å². The first-order valence-electron chi connectivity index (χ1n) is 6.16. The molecule has 0 aliphatic heterocycles. The number of aryl methyl sites for hydroxylation is 1. The average molecular weight is 275 g/mol. The minimum absolute atomic E-state index is 0.0147. The lowest BCUT2D eigenvalue weighted by Gasteiger charge is -2.00. The zero-order valence-corrected chi connectivity index (χ0v) is 11.9. The van der Waals surface area contributed by atoms with Crippen LogP contribution in [0.2, 0.25) is 0 Å². The van der Waals surface area contributed by atoms with Crippen molar-refractivity contribution in [3.8, 4) is 11.3 Å². The predicted octanol–water partition coefficient (Wildman–Crippen LogP) is 2.67. The Morgan fingerprint density at radius 1 is 1.32 bits per heavy atom. The van der Waals surface area contributed by atoms with Gasteiger partial charge in [0, 0.05) is 23.9 Å². The molecule has 0 aliphatic carbocycles. The molecule has 5 heteroatoms. The molecule has 2 aromatic rings. The fourth-order valence-electron chi connectivity index (χ4n) is 1.61. The molecule has 1 aromatic carbocycles. The molecule has 1 heterocycles. The standard InChI is InChI=1S/C14H17N3OS/c1-10-3-5-11(6-4-10)12-9-19-14(16-12)17-13(18)7-8-15-2/h3-6,9,15H,7-8H2,1-2H3,(H,16,17,18). The number of hydrogen-bond acceptors (Lipinski definition) is 4. The van der Waals surface area contributed by atoms with Gasteiger partial charge in [-0.2, -0.15) is 0 Å². The number of thiazole rings is 1. The van der Waals surface area contributed by atoms with Crippen LogP contribution in [0.3, 0.4) is 0 Å². The van der Waals surface area contributed by atoms with E-state index in [9.17, 15) is 4.79 Å². The summed E-state index contributed by atoms with van der Waals surface area (Å²) in [4.78, 5) is 16.0. The Bertz CT molecular complexity index is 548. The maximum absolute atomic E-state index is 11.6. The fraction of sp³-hybridized carbons (Fsp3) is 0.286. The number of nitrogens with one attached hydrogen (secondary N) is 2. The molecule has 100 valence electrons. The van der Waals surface area contributed by atoms with E-state index in [1.807, 2.05) is 24.6 Å². The van der Waals surface area contributed by atoms with Gasteiger partial charge in [-0.05, 0) is 14.0 Å². The van der Waals surface area contributed by atoms with Gasteiger partial charge in [0.05, 0.1) is 5.69 Å². The van der Waals surface area contributed by atoms with Crippen molar-refractivity contribution >= 4 is 22.4 Å². The zero-order valence-electron chi connectivity index (χ0n) is 11.1. The first kappa shape index (κ1) is 13.7. The van der Waals surface area contributed by atoms with Crippen molar-refractivity contribution in [1.29, 1.82) is 0 Å². The Morgan fingerprint density at radius 3 is 2.74 bits per heavy atom. The molecular formula is C14H17N3OS. The highest BCUT2D eigenvalue weighted by Gasteiger charge is 2.07. The maximum atomic E-state index is 11.6. The lowest BCUT2D eigenvalue weighted by atomic mass is 10.1. The zero-order chi connectivity index (χ0) is 13.7. The molecule has 0 spiro atoms. The molecule has 2 rings (SSSR count). The Morgan fingerprint density at radius 2 is 2.05 bits per heavy atom. The Hall–Kier alpha value is -1.72. The SMILES string of the molecule is CNCCC(=O)Nc1nc(-c2ccc(C)cc2)cs1. The van der Waals surface area contributed by atoms with Crippen LogP contribution in [0.25, 0.3) is 11.3 Å². The summed E-state index contributed by atoms with van der Waals surface area (Å²) in [5.74, 6) is -0.0147. The van der Waals surface area contributed by atoms with E-state index < -0.39 is 0 Å². The summed E-state index contributed by atoms with van der Waals surface area (Å²) in [6, 6.07) is 8.19. The summed E-state index contributed by atoms with van der Waals surface area (Å²) >= 11 is 1.45. The van der Waals surface area contributed by atoms with Crippen LogP contribution >= 0.6 is 11.3 Å². The van der Waals surface area contributed by atoms with Crippen LogP contribution in [0.15, 0.2) is 29.6 Å². The summed E-state index contributed by atoms with van der Waals surface area (Å²) in [7, 11) is 1.83. The molecule has 0 fully saturated rings. The van der Waals surface area contributed by atoms with Crippen molar-refractivity contribution in [3.05, 3.63) is 35.2 Å². The van der Waals surface area contributed by atoms with Crippen molar-refractivity contribution in [2.75, 3.05) is 18.9 Å². The largest absolute Gasteiger partial charge is 0.319 e. The van der Waals surface area contributed by atoms with Gasteiger partial charge < -0.3 is 10.6 Å². The fourth-order valence-corrected chi connectivity index (χ4v) is 2.34. The van der Waals surface area contributed by atoms with E-state index in [0.29, 0.717) is 18.1 Å². The summed E-state index contributed by atoms with van der Waals surface area (Å²) < 4.78 is 0. The molecule has 1 aromatic heterocycles. The van der Waals surface area contributed by atoms with E-state index in [1.54, 1.807) is 0 Å². The minimum Gasteiger partial charge on any atom is -0.319 e. The molecule has 0 unspecified atom stereocenters. The second kappa shape index (κ2) is 6.45. The van der Waals surface area contributed by atoms with Crippen molar-refractivity contribution in [2.45, 2.75) is 13.3 Å². The molecule has 0 bridgehead atoms. The van der Waals surface area contributed by atoms with Gasteiger partial charge in [-0.25, -0.2) is 4.98 Å². The number of aromatic nitrogens is 1. The molecular weight excluding hydrogens is 258 g/mol. The number of carbonyl (C=O) groups is 1. The third kappa shape index (κ3) is 3.87. The number of anilines is 1. The van der Waals surface area contributed by atoms with E-state index in [2.05, 4.69) is 34.7 Å². The third-order valence-electron chi connectivity index (χ3n) is 2.70. The van der Waals surface area contributed by atoms with Crippen LogP contribution in [0.4, 0.5) is 5.13 Å². The van der Waals surface area contributed by atoms with E-state index in [1.165, 1.54) is 16.9 Å². The van der Waals surface area contributed by atoms with Crippen molar-refractivity contribution in [2.24, 2.45) is 0 Å². The van der Waals surface area contributed by atoms with Gasteiger partial charge in [0.1, 0.15) is 0 Å². The first-order chi connectivity index (χ1) is 9.19. The highest BCUT2D eigenvalue weighted by atomic mass is 32.1. The Labute approximate surface area is 116 Å². The quantitative estimate of drug-likeness (QED) is 0.882. The van der Waals surface area contributed by atoms with Gasteiger partial charge in [0.2, 0.25) is 5.91 Å². The highest BCUT2D eigenvalue weighted by molar-refractivity contribution is 7.14. The number of benzene rings is 1. The summed E-state index contributed by atoms with van der Waals surface area (Å²) in [6.07, 6.45) is 0.454. The lowest BCUT2D eigenvalue weighted by Crippen LogP contribution is -2.18. The van der Waals surface area contributed by atoms with Crippen LogP contribution in [0.5, 0.6) is 0 Å². The van der Waals surface area contributed by atoms with Gasteiger partial charge in [-0.15, -0.1) is 11.3 Å². The van der Waals surface area contributed by atoms with Crippen LogP contribution in [-0.2, 0) is 4.79 Å². The molecule has 0 radical (unpaired) electrons. The van der Waals surface area contributed by atoms with Gasteiger partial charge in [0.25, 0.3) is 0 Å². The topological polar surface area (TPSA) is 54.0 Å². The molecule has 0 atom stereocenters. The third-order valence-corrected chi connectivity index (χ3v) is 3.46. The molecule has 19 heavy (non-hydrogen) atoms. The molecule has 0 aliphatic rings. The number of nitrogens with zero attached hydrogens (tertiary/aromatic N) is 1. The van der Waals surface area contributed by atoms with Crippen LogP contribution < -0.4 is 10.6 Å². The Kier molecular flexibility index (Phi) is 4.65. The smallest absolute Gasteiger partial charge is 0.227 e. The molecule has 0 saturated heterocycles. The number of rotatable bonds is 5. The predicted molar refractivity (Wildman–Crippen MR) is 79.5 cm³/mol. The molecule has 0 saturated carbocycles. The van der Waals surface area contributed by atoms with Crippen LogP contribution in [0, 0.1) is 6.92 Å². The number of amides is 1. The highest BCUT2D eigenvalue weighted by Crippen LogP contribution is 2.25. The summed E-state index contributed by atoms with van der Waals surface area (Å²) in [5, 5.41) is 8.36.